The predicted octanol–water partition coefficient (Wildman–Crippen LogP) is -2.31. The zero-order valence-corrected chi connectivity index (χ0v) is 16.0. The van der Waals surface area contributed by atoms with Crippen LogP contribution in [0.3, 0.4) is 0 Å². The maximum atomic E-state index is 6.25. The Morgan fingerprint density at radius 1 is 0.467 bits per heavy atom. The van der Waals surface area contributed by atoms with Gasteiger partial charge in [0.15, 0.2) is 0 Å². The molecule has 0 spiro atoms. The van der Waals surface area contributed by atoms with E-state index in [1.807, 2.05) is 0 Å². The van der Waals surface area contributed by atoms with E-state index in [-0.39, 0.29) is 97.2 Å². The molecule has 0 aromatic rings. The third-order valence-electron chi connectivity index (χ3n) is 0. The third kappa shape index (κ3) is 6300000. The van der Waals surface area contributed by atoms with Gasteiger partial charge in [0.05, 0.1) is 0 Å². The van der Waals surface area contributed by atoms with Gasteiger partial charge in [-0.05, 0) is 0 Å². The Hall–Kier alpha value is 0.0179. The van der Waals surface area contributed by atoms with Crippen LogP contribution in [0.4, 0.5) is 0 Å². The molecule has 6 nitrogen and oxygen atoms in total. The van der Waals surface area contributed by atoms with E-state index in [1.54, 1.807) is 0 Å². The fourth-order valence-electron chi connectivity index (χ4n) is 0. The van der Waals surface area contributed by atoms with Crippen molar-refractivity contribution in [3.05, 3.63) is 39.4 Å². The molecule has 0 unspecified atom stereocenters. The van der Waals surface area contributed by atoms with E-state index in [0.717, 1.165) is 0 Å². The Balaban J connectivity index is -0.00000000321. The quantitative estimate of drug-likeness (QED) is 0.349. The molecule has 0 aliphatic rings. The van der Waals surface area contributed by atoms with Crippen LogP contribution in [0.1, 0.15) is 1.43 Å². The van der Waals surface area contributed by atoms with Crippen LogP contribution in [0.25, 0.3) is 0 Å². The molecule has 0 aliphatic heterocycles. The average Bonchev–Trinajstić information content (AvgIpc) is 2.33. The second-order valence-corrected chi connectivity index (χ2v) is 0. The van der Waals surface area contributed by atoms with E-state index in [2.05, 4.69) is 0 Å². The van der Waals surface area contributed by atoms with E-state index in [9.17, 15) is 0 Å². The fraction of sp³-hybridized carbons (Fsp3) is 0. The topological polar surface area (TPSA) is 143 Å². The largest absolute Gasteiger partial charge is 6.00 e. The van der Waals surface area contributed by atoms with Gasteiger partial charge in [-0.25, -0.2) is 0 Å². The van der Waals surface area contributed by atoms with Crippen molar-refractivity contribution in [3.8, 4) is 0 Å². The number of hydrogen-bond donors (Lipinski definition) is 0. The molecule has 0 fully saturated rings. The maximum Gasteiger partial charge on any atom is 6.00 e. The summed E-state index contributed by atoms with van der Waals surface area (Å²) < 4.78 is 0. The fourth-order valence-corrected chi connectivity index (χ4v) is 0. The Morgan fingerprint density at radius 2 is 0.467 bits per heavy atom. The summed E-state index contributed by atoms with van der Waals surface area (Å²) in [7, 11) is 0. The van der Waals surface area contributed by atoms with Crippen LogP contribution in [-0.4, -0.2) is 0 Å². The smallest absolute Gasteiger partial charge is 1.00 e. The van der Waals surface area contributed by atoms with Gasteiger partial charge in [-0.2, -0.15) is 0 Å². The zero-order chi connectivity index (χ0) is 12.0. The van der Waals surface area contributed by atoms with E-state index in [1.165, 1.54) is 0 Å². The molecule has 0 aromatic heterocycles. The van der Waals surface area contributed by atoms with Crippen molar-refractivity contribution in [1.29, 1.82) is 31.6 Å². The summed E-state index contributed by atoms with van der Waals surface area (Å²) in [6.45, 7) is 28.5. The summed E-state index contributed by atoms with van der Waals surface area (Å²) in [4.78, 5) is 0. The molecule has 0 N–H and O–H groups in total. The van der Waals surface area contributed by atoms with Gasteiger partial charge in [-0.3, -0.25) is 0 Å². The van der Waals surface area contributed by atoms with Crippen LogP contribution in [-0.2, 0) is 44.4 Å². The molecule has 0 saturated carbocycles. The van der Waals surface area contributed by atoms with Gasteiger partial charge >= 0.3 is 68.5 Å². The van der Waals surface area contributed by atoms with Crippen molar-refractivity contribution < 1.29 is 97.2 Å². The maximum absolute atomic E-state index is 6.25. The third-order valence-corrected chi connectivity index (χ3v) is 0. The van der Waals surface area contributed by atoms with Crippen molar-refractivity contribution in [2.75, 3.05) is 0 Å². The Morgan fingerprint density at radius 3 is 0.467 bits per heavy atom. The first-order chi connectivity index (χ1) is 6.00. The van der Waals surface area contributed by atoms with Gasteiger partial charge in [0, 0.05) is 27.3 Å². The molecule has 0 aliphatic carbocycles. The molecular formula is C6HCdFeKN6. The van der Waals surface area contributed by atoms with Crippen molar-refractivity contribution in [3.63, 3.8) is 0 Å². The van der Waals surface area contributed by atoms with Gasteiger partial charge in [-0.15, -0.1) is 0 Å². The molecule has 0 radical (unpaired) electrons. The average molecular weight is 364 g/mol. The summed E-state index contributed by atoms with van der Waals surface area (Å²) >= 11 is 0. The summed E-state index contributed by atoms with van der Waals surface area (Å²) in [6.07, 6.45) is 0. The minimum absolute atomic E-state index is 0. The molecule has 0 aromatic carbocycles. The normalized spacial score (nSPS) is 0.800. The van der Waals surface area contributed by atoms with Gasteiger partial charge in [-0.1, -0.05) is 0 Å². The van der Waals surface area contributed by atoms with Gasteiger partial charge in [0.1, 0.15) is 0 Å². The summed E-state index contributed by atoms with van der Waals surface area (Å²) in [5, 5.41) is 37.5. The van der Waals surface area contributed by atoms with Crippen LogP contribution < -0.4 is 51.4 Å². The minimum Gasteiger partial charge on any atom is -1.00 e. The van der Waals surface area contributed by atoms with Crippen molar-refractivity contribution >= 4 is 0 Å². The second kappa shape index (κ2) is 7400000. The van der Waals surface area contributed by atoms with Gasteiger partial charge in [0.25, 0.3) is 0 Å². The number of nitrogens with zero attached hydrogens (tertiary/aromatic N) is 6. The first-order valence-corrected chi connectivity index (χ1v) is 1.34. The van der Waals surface area contributed by atoms with Crippen molar-refractivity contribution in [2.24, 2.45) is 0 Å². The van der Waals surface area contributed by atoms with Crippen LogP contribution in [0, 0.1) is 71.0 Å². The standard InChI is InChI=1S/6CN.Cd.Fe.K.H/c6*1-2;;;;/q6*-1;;+6;+1;-1. The van der Waals surface area contributed by atoms with Gasteiger partial charge < -0.3 is 72.4 Å². The molecule has 0 bridgehead atoms. The summed E-state index contributed by atoms with van der Waals surface area (Å²) in [5.41, 5.74) is 0. The molecule has 0 atom stereocenters. The van der Waals surface area contributed by atoms with E-state index >= 15 is 0 Å². The molecule has 0 heterocycles. The van der Waals surface area contributed by atoms with E-state index in [0.29, 0.717) is 0 Å². The molecule has 0 saturated heterocycles. The molecular weight excluding hydrogens is 363 g/mol. The SMILES string of the molecule is [C-]#N.[C-]#N.[C-]#N.[C-]#N.[C-]#N.[C-]#N.[Cd].[Fe+6].[H-].[K+]. The molecule has 66 valence electrons. The Kier molecular flexibility index (Phi) is 40200000. The monoisotopic (exact) mass is 366 g/mol. The Labute approximate surface area is 165 Å². The first kappa shape index (κ1) is 81.5. The predicted molar refractivity (Wildman–Crippen MR) is 30.9 cm³/mol. The number of rotatable bonds is 0. The first-order valence-electron chi connectivity index (χ1n) is 1.34. The molecule has 9 heteroatoms. The minimum atomic E-state index is 0. The van der Waals surface area contributed by atoms with E-state index in [4.69, 9.17) is 71.0 Å². The van der Waals surface area contributed by atoms with Crippen LogP contribution in [0.15, 0.2) is 0 Å². The van der Waals surface area contributed by atoms with Crippen molar-refractivity contribution in [2.45, 2.75) is 0 Å². The van der Waals surface area contributed by atoms with Crippen LogP contribution in [0.5, 0.6) is 0 Å². The summed E-state index contributed by atoms with van der Waals surface area (Å²) in [6, 6.07) is 0. The Bertz CT molecular complexity index is 108. The summed E-state index contributed by atoms with van der Waals surface area (Å²) in [5.74, 6) is 0. The van der Waals surface area contributed by atoms with Gasteiger partial charge in [0.2, 0.25) is 0 Å². The zero-order valence-electron chi connectivity index (χ0n) is 8.74. The molecule has 0 rings (SSSR count). The number of hydrogen-bond acceptors (Lipinski definition) is 6. The molecule has 15 heavy (non-hydrogen) atoms. The van der Waals surface area contributed by atoms with Crippen LogP contribution >= 0.6 is 0 Å². The van der Waals surface area contributed by atoms with Crippen LogP contribution in [0.2, 0.25) is 0 Å². The van der Waals surface area contributed by atoms with E-state index < -0.39 is 0 Å². The molecule has 0 amide bonds. The van der Waals surface area contributed by atoms with Crippen molar-refractivity contribution in [1.82, 2.24) is 0 Å². The second-order valence-electron chi connectivity index (χ2n) is 0.